The molecule has 2 atom stereocenters. The van der Waals surface area contributed by atoms with Crippen LogP contribution < -0.4 is 10.1 Å². The zero-order chi connectivity index (χ0) is 11.0. The van der Waals surface area contributed by atoms with Crippen molar-refractivity contribution in [1.82, 2.24) is 10.3 Å². The molecule has 3 heteroatoms. The first-order valence-corrected chi connectivity index (χ1v) is 5.80. The number of methoxy groups -OCH3 is 1. The lowest BCUT2D eigenvalue weighted by Gasteiger charge is -2.08. The van der Waals surface area contributed by atoms with E-state index in [9.17, 15) is 0 Å². The average molecular weight is 216 g/mol. The minimum atomic E-state index is 0.654. The van der Waals surface area contributed by atoms with Crippen LogP contribution in [-0.2, 0) is 0 Å². The molecular formula is C13H16N2O. The standard InChI is InChI=1S/C13H16N2O/c1-16-12-5-11(7-14-8-12)10-4-9-2-3-15-13(9)6-10/h4-5,7-9,13,15H,2-3,6H2,1H3. The summed E-state index contributed by atoms with van der Waals surface area (Å²) in [6.45, 7) is 1.16. The van der Waals surface area contributed by atoms with E-state index < -0.39 is 0 Å². The van der Waals surface area contributed by atoms with Crippen LogP contribution in [0.5, 0.6) is 5.75 Å². The van der Waals surface area contributed by atoms with Crippen molar-refractivity contribution >= 4 is 5.57 Å². The molecule has 2 aliphatic rings. The summed E-state index contributed by atoms with van der Waals surface area (Å²) in [6.07, 6.45) is 8.47. The van der Waals surface area contributed by atoms with Gasteiger partial charge in [-0.15, -0.1) is 0 Å². The highest BCUT2D eigenvalue weighted by Crippen LogP contribution is 2.36. The molecule has 1 fully saturated rings. The van der Waals surface area contributed by atoms with Gasteiger partial charge in [0, 0.05) is 12.2 Å². The van der Waals surface area contributed by atoms with Crippen LogP contribution in [0.4, 0.5) is 0 Å². The van der Waals surface area contributed by atoms with Gasteiger partial charge in [-0.3, -0.25) is 4.98 Å². The SMILES string of the molecule is COc1cncc(C2=CC3CCNC3C2)c1. The largest absolute Gasteiger partial charge is 0.495 e. The second-order valence-corrected chi connectivity index (χ2v) is 4.52. The summed E-state index contributed by atoms with van der Waals surface area (Å²) < 4.78 is 5.20. The maximum absolute atomic E-state index is 5.20. The van der Waals surface area contributed by atoms with E-state index in [0.717, 1.165) is 24.6 Å². The van der Waals surface area contributed by atoms with Gasteiger partial charge in [-0.25, -0.2) is 0 Å². The molecule has 1 aromatic rings. The Balaban J connectivity index is 1.87. The molecule has 2 heterocycles. The summed E-state index contributed by atoms with van der Waals surface area (Å²) in [6, 6.07) is 2.72. The van der Waals surface area contributed by atoms with Crippen LogP contribution in [0, 0.1) is 5.92 Å². The summed E-state index contributed by atoms with van der Waals surface area (Å²) in [7, 11) is 1.68. The van der Waals surface area contributed by atoms with E-state index >= 15 is 0 Å². The van der Waals surface area contributed by atoms with Crippen molar-refractivity contribution in [1.29, 1.82) is 0 Å². The molecule has 16 heavy (non-hydrogen) atoms. The van der Waals surface area contributed by atoms with E-state index in [1.165, 1.54) is 17.6 Å². The maximum atomic E-state index is 5.20. The molecule has 3 nitrogen and oxygen atoms in total. The number of nitrogens with one attached hydrogen (secondary N) is 1. The fourth-order valence-corrected chi connectivity index (χ4v) is 2.69. The highest BCUT2D eigenvalue weighted by Gasteiger charge is 2.31. The van der Waals surface area contributed by atoms with Crippen LogP contribution in [0.3, 0.4) is 0 Å². The first kappa shape index (κ1) is 9.85. The van der Waals surface area contributed by atoms with Crippen molar-refractivity contribution in [2.24, 2.45) is 5.92 Å². The van der Waals surface area contributed by atoms with Gasteiger partial charge >= 0.3 is 0 Å². The van der Waals surface area contributed by atoms with Gasteiger partial charge in [0.2, 0.25) is 0 Å². The summed E-state index contributed by atoms with van der Waals surface area (Å²) in [5, 5.41) is 3.54. The summed E-state index contributed by atoms with van der Waals surface area (Å²) in [5.74, 6) is 1.56. The molecular weight excluding hydrogens is 200 g/mol. The Morgan fingerprint density at radius 1 is 1.44 bits per heavy atom. The van der Waals surface area contributed by atoms with Gasteiger partial charge in [0.25, 0.3) is 0 Å². The van der Waals surface area contributed by atoms with E-state index in [1.807, 2.05) is 6.20 Å². The normalized spacial score (nSPS) is 27.7. The van der Waals surface area contributed by atoms with Gasteiger partial charge < -0.3 is 10.1 Å². The van der Waals surface area contributed by atoms with Crippen LogP contribution in [0.2, 0.25) is 0 Å². The average Bonchev–Trinajstić information content (AvgIpc) is 2.89. The van der Waals surface area contributed by atoms with E-state index in [1.54, 1.807) is 13.3 Å². The fourth-order valence-electron chi connectivity index (χ4n) is 2.69. The Bertz CT molecular complexity index is 428. The van der Waals surface area contributed by atoms with Gasteiger partial charge in [0.05, 0.1) is 13.3 Å². The Morgan fingerprint density at radius 2 is 2.38 bits per heavy atom. The molecule has 1 N–H and O–H groups in total. The Labute approximate surface area is 95.5 Å². The van der Waals surface area contributed by atoms with Crippen molar-refractivity contribution in [3.63, 3.8) is 0 Å². The number of hydrogen-bond donors (Lipinski definition) is 1. The maximum Gasteiger partial charge on any atom is 0.137 e. The van der Waals surface area contributed by atoms with E-state index in [4.69, 9.17) is 4.74 Å². The molecule has 3 rings (SSSR count). The molecule has 0 bridgehead atoms. The first-order chi connectivity index (χ1) is 7.86. The molecule has 0 amide bonds. The van der Waals surface area contributed by atoms with Gasteiger partial charge in [-0.1, -0.05) is 6.08 Å². The van der Waals surface area contributed by atoms with Crippen molar-refractivity contribution in [2.75, 3.05) is 13.7 Å². The third-order valence-corrected chi connectivity index (χ3v) is 3.58. The molecule has 0 spiro atoms. The molecule has 0 saturated carbocycles. The molecule has 0 radical (unpaired) electrons. The van der Waals surface area contributed by atoms with Crippen LogP contribution in [0.15, 0.2) is 24.5 Å². The number of fused-ring (bicyclic) bond motifs is 1. The number of ether oxygens (including phenoxy) is 1. The smallest absolute Gasteiger partial charge is 0.137 e. The zero-order valence-corrected chi connectivity index (χ0v) is 9.44. The van der Waals surface area contributed by atoms with E-state index in [-0.39, 0.29) is 0 Å². The molecule has 2 unspecified atom stereocenters. The molecule has 0 aromatic carbocycles. The Hall–Kier alpha value is -1.35. The molecule has 1 aromatic heterocycles. The highest BCUT2D eigenvalue weighted by molar-refractivity contribution is 5.69. The van der Waals surface area contributed by atoms with Gasteiger partial charge in [-0.05, 0) is 42.5 Å². The number of hydrogen-bond acceptors (Lipinski definition) is 3. The lowest BCUT2D eigenvalue weighted by Crippen LogP contribution is -2.22. The summed E-state index contributed by atoms with van der Waals surface area (Å²) in [5.41, 5.74) is 2.61. The van der Waals surface area contributed by atoms with Gasteiger partial charge in [0.15, 0.2) is 0 Å². The fraction of sp³-hybridized carbons (Fsp3) is 0.462. The molecule has 1 saturated heterocycles. The Morgan fingerprint density at radius 3 is 3.19 bits per heavy atom. The van der Waals surface area contributed by atoms with Crippen molar-refractivity contribution in [3.05, 3.63) is 30.1 Å². The monoisotopic (exact) mass is 216 g/mol. The Kier molecular flexibility index (Phi) is 2.40. The van der Waals surface area contributed by atoms with E-state index in [2.05, 4.69) is 22.4 Å². The zero-order valence-electron chi connectivity index (χ0n) is 9.44. The van der Waals surface area contributed by atoms with E-state index in [0.29, 0.717) is 6.04 Å². The van der Waals surface area contributed by atoms with Gasteiger partial charge in [0.1, 0.15) is 5.75 Å². The van der Waals surface area contributed by atoms with Crippen LogP contribution in [0.25, 0.3) is 5.57 Å². The predicted octanol–water partition coefficient (Wildman–Crippen LogP) is 1.86. The number of nitrogens with zero attached hydrogens (tertiary/aromatic N) is 1. The number of aromatic nitrogens is 1. The van der Waals surface area contributed by atoms with Gasteiger partial charge in [-0.2, -0.15) is 0 Å². The van der Waals surface area contributed by atoms with Crippen molar-refractivity contribution in [2.45, 2.75) is 18.9 Å². The second-order valence-electron chi connectivity index (χ2n) is 4.52. The van der Waals surface area contributed by atoms with Crippen molar-refractivity contribution in [3.8, 4) is 5.75 Å². The minimum absolute atomic E-state index is 0.654. The first-order valence-electron chi connectivity index (χ1n) is 5.80. The third-order valence-electron chi connectivity index (χ3n) is 3.58. The number of rotatable bonds is 2. The minimum Gasteiger partial charge on any atom is -0.495 e. The quantitative estimate of drug-likeness (QED) is 0.819. The lowest BCUT2D eigenvalue weighted by atomic mass is 10.1. The summed E-state index contributed by atoms with van der Waals surface area (Å²) in [4.78, 5) is 4.21. The second kappa shape index (κ2) is 3.91. The highest BCUT2D eigenvalue weighted by atomic mass is 16.5. The van der Waals surface area contributed by atoms with Crippen LogP contribution in [0.1, 0.15) is 18.4 Å². The molecule has 1 aliphatic carbocycles. The molecule has 84 valence electrons. The van der Waals surface area contributed by atoms with Crippen LogP contribution >= 0.6 is 0 Å². The third kappa shape index (κ3) is 1.61. The van der Waals surface area contributed by atoms with Crippen molar-refractivity contribution < 1.29 is 4.74 Å². The lowest BCUT2D eigenvalue weighted by molar-refractivity contribution is 0.412. The summed E-state index contributed by atoms with van der Waals surface area (Å²) >= 11 is 0. The molecule has 1 aliphatic heterocycles. The van der Waals surface area contributed by atoms with Crippen LogP contribution in [-0.4, -0.2) is 24.7 Å². The number of pyridine rings is 1. The predicted molar refractivity (Wildman–Crippen MR) is 63.3 cm³/mol. The topological polar surface area (TPSA) is 34.1 Å².